The van der Waals surface area contributed by atoms with Gasteiger partial charge >= 0.3 is 11.9 Å². The van der Waals surface area contributed by atoms with E-state index in [4.69, 9.17) is 9.84 Å². The summed E-state index contributed by atoms with van der Waals surface area (Å²) >= 11 is 0. The highest BCUT2D eigenvalue weighted by Crippen LogP contribution is 2.27. The molecule has 0 amide bonds. The van der Waals surface area contributed by atoms with Gasteiger partial charge in [0, 0.05) is 0 Å². The molecule has 106 valence electrons. The van der Waals surface area contributed by atoms with Crippen molar-refractivity contribution in [2.75, 3.05) is 33.8 Å². The van der Waals surface area contributed by atoms with Gasteiger partial charge in [0.2, 0.25) is 0 Å². The number of ether oxygens (including phenoxy) is 1. The van der Waals surface area contributed by atoms with E-state index in [1.54, 1.807) is 14.1 Å². The number of likely N-dealkylation sites (N-methyl/N-ethyl adjacent to an activating group) is 1. The van der Waals surface area contributed by atoms with Crippen LogP contribution in [0.25, 0.3) is 0 Å². The zero-order valence-corrected chi connectivity index (χ0v) is 12.3. The van der Waals surface area contributed by atoms with Crippen molar-refractivity contribution < 1.29 is 23.9 Å². The normalized spacial score (nSPS) is 12.6. The van der Waals surface area contributed by atoms with Crippen LogP contribution >= 0.6 is 0 Å². The number of carbonyl (C=O) groups is 2. The molecule has 0 aromatic carbocycles. The zero-order valence-electron chi connectivity index (χ0n) is 12.3. The molecule has 0 aliphatic carbocycles. The van der Waals surface area contributed by atoms with Crippen molar-refractivity contribution in [3.8, 4) is 0 Å². The fourth-order valence-electron chi connectivity index (χ4n) is 1.25. The standard InChI is InChI=1S/C13H25NO4/c1-10(2)13(3,4)12(17)18-8-7-14(5,6)9-11(15)16/h10H,7-9H2,1-6H3/p+1. The maximum Gasteiger partial charge on any atom is 0.359 e. The van der Waals surface area contributed by atoms with E-state index in [1.807, 2.05) is 27.7 Å². The fraction of sp³-hybridized carbons (Fsp3) is 0.846. The Balaban J connectivity index is 4.20. The molecule has 0 spiro atoms. The molecule has 0 aliphatic heterocycles. The van der Waals surface area contributed by atoms with Crippen LogP contribution in [0.4, 0.5) is 0 Å². The molecule has 5 nitrogen and oxygen atoms in total. The predicted molar refractivity (Wildman–Crippen MR) is 69.1 cm³/mol. The maximum atomic E-state index is 11.9. The lowest BCUT2D eigenvalue weighted by atomic mass is 9.81. The first kappa shape index (κ1) is 16.9. The Labute approximate surface area is 109 Å². The van der Waals surface area contributed by atoms with Crippen molar-refractivity contribution in [3.05, 3.63) is 0 Å². The molecule has 0 unspecified atom stereocenters. The molecule has 1 N–H and O–H groups in total. The Kier molecular flexibility index (Phi) is 5.80. The molecular formula is C13H26NO4+. The van der Waals surface area contributed by atoms with E-state index in [-0.39, 0.29) is 25.0 Å². The average Bonchev–Trinajstić information content (AvgIpc) is 2.14. The van der Waals surface area contributed by atoms with E-state index in [2.05, 4.69) is 0 Å². The molecule has 0 aliphatic rings. The minimum atomic E-state index is -0.853. The van der Waals surface area contributed by atoms with E-state index in [0.717, 1.165) is 0 Å². The van der Waals surface area contributed by atoms with Crippen molar-refractivity contribution in [2.24, 2.45) is 11.3 Å². The second kappa shape index (κ2) is 6.18. The third-order valence-electron chi connectivity index (χ3n) is 3.46. The van der Waals surface area contributed by atoms with Gasteiger partial charge in [0.25, 0.3) is 0 Å². The first-order chi connectivity index (χ1) is 7.99. The van der Waals surface area contributed by atoms with Gasteiger partial charge in [0.15, 0.2) is 6.54 Å². The van der Waals surface area contributed by atoms with E-state index < -0.39 is 11.4 Å². The zero-order chi connectivity index (χ0) is 14.6. The van der Waals surface area contributed by atoms with Crippen LogP contribution in [0.15, 0.2) is 0 Å². The summed E-state index contributed by atoms with van der Waals surface area (Å²) in [6.45, 7) is 8.43. The number of carboxylic acid groups (broad SMARTS) is 1. The van der Waals surface area contributed by atoms with Crippen LogP contribution in [0.3, 0.4) is 0 Å². The number of rotatable bonds is 7. The number of hydrogen-bond donors (Lipinski definition) is 1. The molecule has 0 bridgehead atoms. The van der Waals surface area contributed by atoms with E-state index in [9.17, 15) is 9.59 Å². The molecule has 0 fully saturated rings. The van der Waals surface area contributed by atoms with Gasteiger partial charge in [-0.05, 0) is 19.8 Å². The molecule has 0 atom stereocenters. The second-order valence-electron chi connectivity index (χ2n) is 6.22. The first-order valence-corrected chi connectivity index (χ1v) is 6.20. The second-order valence-corrected chi connectivity index (χ2v) is 6.22. The Morgan fingerprint density at radius 3 is 2.17 bits per heavy atom. The Hall–Kier alpha value is -1.10. The third kappa shape index (κ3) is 5.49. The smallest absolute Gasteiger partial charge is 0.359 e. The van der Waals surface area contributed by atoms with Gasteiger partial charge in [-0.15, -0.1) is 0 Å². The number of hydrogen-bond acceptors (Lipinski definition) is 3. The highest BCUT2D eigenvalue weighted by atomic mass is 16.5. The predicted octanol–water partition coefficient (Wildman–Crippen LogP) is 1.37. The summed E-state index contributed by atoms with van der Waals surface area (Å²) in [6.07, 6.45) is 0. The summed E-state index contributed by atoms with van der Waals surface area (Å²) in [7, 11) is 3.60. The van der Waals surface area contributed by atoms with Gasteiger partial charge < -0.3 is 14.3 Å². The lowest BCUT2D eigenvalue weighted by Gasteiger charge is -2.30. The van der Waals surface area contributed by atoms with Crippen molar-refractivity contribution in [3.63, 3.8) is 0 Å². The summed E-state index contributed by atoms with van der Waals surface area (Å²) < 4.78 is 5.53. The van der Waals surface area contributed by atoms with Gasteiger partial charge in [-0.1, -0.05) is 13.8 Å². The van der Waals surface area contributed by atoms with Crippen LogP contribution in [0, 0.1) is 11.3 Å². The van der Waals surface area contributed by atoms with Gasteiger partial charge in [-0.3, -0.25) is 4.79 Å². The quantitative estimate of drug-likeness (QED) is 0.555. The van der Waals surface area contributed by atoms with Crippen LogP contribution in [0.1, 0.15) is 27.7 Å². The van der Waals surface area contributed by atoms with Crippen molar-refractivity contribution in [1.82, 2.24) is 0 Å². The Bertz CT molecular complexity index is 308. The third-order valence-corrected chi connectivity index (χ3v) is 3.46. The van der Waals surface area contributed by atoms with Crippen LogP contribution in [0.5, 0.6) is 0 Å². The topological polar surface area (TPSA) is 63.6 Å². The monoisotopic (exact) mass is 260 g/mol. The maximum absolute atomic E-state index is 11.9. The summed E-state index contributed by atoms with van der Waals surface area (Å²) in [4.78, 5) is 22.5. The summed E-state index contributed by atoms with van der Waals surface area (Å²) in [6, 6.07) is 0. The number of esters is 1. The number of carbonyl (C=O) groups excluding carboxylic acids is 1. The molecule has 18 heavy (non-hydrogen) atoms. The van der Waals surface area contributed by atoms with Crippen LogP contribution < -0.4 is 0 Å². The molecule has 0 rings (SSSR count). The van der Waals surface area contributed by atoms with Gasteiger partial charge in [-0.2, -0.15) is 0 Å². The Morgan fingerprint density at radius 2 is 1.78 bits per heavy atom. The van der Waals surface area contributed by atoms with E-state index >= 15 is 0 Å². The lowest BCUT2D eigenvalue weighted by Crippen LogP contribution is -2.46. The number of nitrogens with zero attached hydrogens (tertiary/aromatic N) is 1. The van der Waals surface area contributed by atoms with Crippen molar-refractivity contribution in [1.29, 1.82) is 0 Å². The van der Waals surface area contributed by atoms with Crippen LogP contribution in [0.2, 0.25) is 0 Å². The van der Waals surface area contributed by atoms with Crippen LogP contribution in [-0.4, -0.2) is 55.3 Å². The Morgan fingerprint density at radius 1 is 1.28 bits per heavy atom. The number of quaternary nitrogens is 1. The van der Waals surface area contributed by atoms with E-state index in [0.29, 0.717) is 11.0 Å². The number of carboxylic acids is 1. The molecule has 0 saturated heterocycles. The molecule has 0 saturated carbocycles. The highest BCUT2D eigenvalue weighted by Gasteiger charge is 2.33. The molecule has 0 aromatic rings. The summed E-state index contributed by atoms with van der Waals surface area (Å²) in [5, 5.41) is 8.74. The summed E-state index contributed by atoms with van der Waals surface area (Å²) in [5.74, 6) is -0.881. The SMILES string of the molecule is CC(C)C(C)(C)C(=O)OCC[N+](C)(C)CC(=O)O. The first-order valence-electron chi connectivity index (χ1n) is 6.20. The van der Waals surface area contributed by atoms with Crippen molar-refractivity contribution >= 4 is 11.9 Å². The average molecular weight is 260 g/mol. The largest absolute Gasteiger partial charge is 0.477 e. The highest BCUT2D eigenvalue weighted by molar-refractivity contribution is 5.76. The number of aliphatic carboxylic acids is 1. The van der Waals surface area contributed by atoms with Crippen molar-refractivity contribution in [2.45, 2.75) is 27.7 Å². The van der Waals surface area contributed by atoms with Gasteiger partial charge in [0.1, 0.15) is 13.2 Å². The van der Waals surface area contributed by atoms with E-state index in [1.165, 1.54) is 0 Å². The van der Waals surface area contributed by atoms with Gasteiger partial charge in [0.05, 0.1) is 19.5 Å². The minimum Gasteiger partial charge on any atom is -0.477 e. The molecule has 0 radical (unpaired) electrons. The summed E-state index contributed by atoms with van der Waals surface area (Å²) in [5.41, 5.74) is -0.510. The van der Waals surface area contributed by atoms with Crippen LogP contribution in [-0.2, 0) is 14.3 Å². The molecule has 0 heterocycles. The lowest BCUT2D eigenvalue weighted by molar-refractivity contribution is -0.883. The molecule has 5 heteroatoms. The molecule has 0 aromatic heterocycles. The molecular weight excluding hydrogens is 234 g/mol. The fourth-order valence-corrected chi connectivity index (χ4v) is 1.25. The van der Waals surface area contributed by atoms with Gasteiger partial charge in [-0.25, -0.2) is 4.79 Å². The minimum absolute atomic E-state index is 0.0190.